The minimum atomic E-state index is 0.296. The third-order valence-electron chi connectivity index (χ3n) is 5.70. The second kappa shape index (κ2) is 7.85. The average Bonchev–Trinajstić information content (AvgIpc) is 3.11. The minimum absolute atomic E-state index is 0.296. The second-order valence-corrected chi connectivity index (χ2v) is 7.78. The van der Waals surface area contributed by atoms with Gasteiger partial charge in [0.1, 0.15) is 0 Å². The molecule has 0 atom stereocenters. The highest BCUT2D eigenvalue weighted by molar-refractivity contribution is 6.30. The van der Waals surface area contributed by atoms with Crippen molar-refractivity contribution < 1.29 is 4.79 Å². The van der Waals surface area contributed by atoms with Crippen molar-refractivity contribution in [3.05, 3.63) is 52.3 Å². The Labute approximate surface area is 160 Å². The molecule has 2 aliphatic rings. The Morgan fingerprint density at radius 1 is 1.04 bits per heavy atom. The van der Waals surface area contributed by atoms with E-state index >= 15 is 0 Å². The van der Waals surface area contributed by atoms with Gasteiger partial charge < -0.3 is 9.88 Å². The molecule has 1 aliphatic carbocycles. The van der Waals surface area contributed by atoms with E-state index in [4.69, 9.17) is 11.6 Å². The summed E-state index contributed by atoms with van der Waals surface area (Å²) in [5.74, 6) is 0.296. The first-order valence-electron chi connectivity index (χ1n) is 9.66. The van der Waals surface area contributed by atoms with Gasteiger partial charge in [0.15, 0.2) is 5.78 Å². The van der Waals surface area contributed by atoms with Crippen molar-refractivity contribution in [1.29, 1.82) is 0 Å². The van der Waals surface area contributed by atoms with Crippen LogP contribution < -0.4 is 4.90 Å². The number of hydrogen-bond donors (Lipinski definition) is 1. The summed E-state index contributed by atoms with van der Waals surface area (Å²) in [7, 11) is 0. The predicted molar refractivity (Wildman–Crippen MR) is 106 cm³/mol. The van der Waals surface area contributed by atoms with E-state index in [1.165, 1.54) is 29.8 Å². The lowest BCUT2D eigenvalue weighted by atomic mass is 9.93. The monoisotopic (exact) mass is 371 g/mol. The lowest BCUT2D eigenvalue weighted by Crippen LogP contribution is -2.46. The Hall–Kier alpha value is -1.78. The number of ketones is 1. The Balaban J connectivity index is 1.28. The van der Waals surface area contributed by atoms with Gasteiger partial charge in [0.25, 0.3) is 0 Å². The molecule has 2 aromatic rings. The fourth-order valence-electron chi connectivity index (χ4n) is 4.13. The number of fused-ring (bicyclic) bond motifs is 1. The molecule has 4 rings (SSSR count). The van der Waals surface area contributed by atoms with Crippen molar-refractivity contribution in [1.82, 2.24) is 9.88 Å². The van der Waals surface area contributed by atoms with Crippen molar-refractivity contribution in [2.24, 2.45) is 0 Å². The Morgan fingerprint density at radius 2 is 1.77 bits per heavy atom. The smallest absolute Gasteiger partial charge is 0.165 e. The maximum absolute atomic E-state index is 12.7. The number of aromatic nitrogens is 1. The highest BCUT2D eigenvalue weighted by Gasteiger charge is 2.22. The molecule has 138 valence electrons. The third-order valence-corrected chi connectivity index (χ3v) is 5.96. The van der Waals surface area contributed by atoms with Crippen LogP contribution in [-0.4, -0.2) is 48.4 Å². The largest absolute Gasteiger partial charge is 0.369 e. The van der Waals surface area contributed by atoms with Crippen LogP contribution in [0.1, 0.15) is 40.9 Å². The summed E-state index contributed by atoms with van der Waals surface area (Å²) in [6, 6.07) is 8.05. The Morgan fingerprint density at radius 3 is 2.54 bits per heavy atom. The number of carbonyl (C=O) groups excluding carboxylic acids is 1. The van der Waals surface area contributed by atoms with E-state index in [1.807, 2.05) is 18.3 Å². The van der Waals surface area contributed by atoms with Crippen LogP contribution in [0.3, 0.4) is 0 Å². The lowest BCUT2D eigenvalue weighted by Gasteiger charge is -2.36. The number of piperazine rings is 1. The van der Waals surface area contributed by atoms with Gasteiger partial charge in [0.2, 0.25) is 0 Å². The minimum Gasteiger partial charge on any atom is -0.369 e. The van der Waals surface area contributed by atoms with Gasteiger partial charge in [0, 0.05) is 67.3 Å². The van der Waals surface area contributed by atoms with E-state index in [1.54, 1.807) is 0 Å². The standard InChI is InChI=1S/C21H26ClN3O/c22-16-5-7-17(8-6-16)25-13-11-24(12-14-25)10-9-21(26)19-15-23-20-4-2-1-3-18(19)20/h5-8,15,23H,1-4,9-14H2. The van der Waals surface area contributed by atoms with Gasteiger partial charge >= 0.3 is 0 Å². The predicted octanol–water partition coefficient (Wildman–Crippen LogP) is 3.94. The summed E-state index contributed by atoms with van der Waals surface area (Å²) in [6.45, 7) is 4.85. The lowest BCUT2D eigenvalue weighted by molar-refractivity contribution is 0.0961. The molecule has 1 aromatic carbocycles. The average molecular weight is 372 g/mol. The van der Waals surface area contributed by atoms with Gasteiger partial charge in [-0.25, -0.2) is 0 Å². The van der Waals surface area contributed by atoms with Crippen LogP contribution in [0.4, 0.5) is 5.69 Å². The summed E-state index contributed by atoms with van der Waals surface area (Å²) in [6.07, 6.45) is 7.15. The number of aryl methyl sites for hydroxylation is 1. The Kier molecular flexibility index (Phi) is 5.32. The van der Waals surface area contributed by atoms with Crippen LogP contribution >= 0.6 is 11.6 Å². The van der Waals surface area contributed by atoms with Gasteiger partial charge in [-0.1, -0.05) is 11.6 Å². The fourth-order valence-corrected chi connectivity index (χ4v) is 4.26. The number of halogens is 1. The van der Waals surface area contributed by atoms with Gasteiger partial charge in [-0.3, -0.25) is 9.69 Å². The van der Waals surface area contributed by atoms with Crippen molar-refractivity contribution >= 4 is 23.1 Å². The van der Waals surface area contributed by atoms with Crippen LogP contribution in [0, 0.1) is 0 Å². The quantitative estimate of drug-likeness (QED) is 0.809. The third kappa shape index (κ3) is 3.81. The number of anilines is 1. The highest BCUT2D eigenvalue weighted by atomic mass is 35.5. The van der Waals surface area contributed by atoms with E-state index in [-0.39, 0.29) is 0 Å². The first kappa shape index (κ1) is 17.6. The molecule has 2 heterocycles. The van der Waals surface area contributed by atoms with Crippen molar-refractivity contribution in [3.63, 3.8) is 0 Å². The van der Waals surface area contributed by atoms with Crippen molar-refractivity contribution in [2.75, 3.05) is 37.6 Å². The molecule has 0 unspecified atom stereocenters. The summed E-state index contributed by atoms with van der Waals surface area (Å²) < 4.78 is 0. The van der Waals surface area contributed by atoms with E-state index < -0.39 is 0 Å². The number of Topliss-reactive ketones (excluding diaryl/α,β-unsaturated/α-hetero) is 1. The summed E-state index contributed by atoms with van der Waals surface area (Å²) >= 11 is 5.97. The molecule has 0 radical (unpaired) electrons. The van der Waals surface area contributed by atoms with Crippen LogP contribution in [0.25, 0.3) is 0 Å². The first-order valence-corrected chi connectivity index (χ1v) is 10.0. The topological polar surface area (TPSA) is 39.3 Å². The zero-order valence-corrected chi connectivity index (χ0v) is 15.9. The molecular weight excluding hydrogens is 346 g/mol. The van der Waals surface area contributed by atoms with Gasteiger partial charge in [-0.2, -0.15) is 0 Å². The molecular formula is C21H26ClN3O. The SMILES string of the molecule is O=C(CCN1CCN(c2ccc(Cl)cc2)CC1)c1c[nH]c2c1CCCC2. The molecule has 0 saturated carbocycles. The number of rotatable bonds is 5. The summed E-state index contributed by atoms with van der Waals surface area (Å²) in [5, 5.41) is 0.776. The molecule has 1 fully saturated rings. The van der Waals surface area contributed by atoms with E-state index in [2.05, 4.69) is 26.9 Å². The molecule has 1 N–H and O–H groups in total. The number of nitrogens with one attached hydrogen (secondary N) is 1. The number of benzene rings is 1. The zero-order chi connectivity index (χ0) is 17.9. The van der Waals surface area contributed by atoms with Gasteiger partial charge in [0.05, 0.1) is 0 Å². The van der Waals surface area contributed by atoms with Gasteiger partial charge in [-0.05, 0) is 55.5 Å². The first-order chi connectivity index (χ1) is 12.7. The fraction of sp³-hybridized carbons (Fsp3) is 0.476. The molecule has 4 nitrogen and oxygen atoms in total. The maximum Gasteiger partial charge on any atom is 0.165 e. The van der Waals surface area contributed by atoms with Crippen LogP contribution in [-0.2, 0) is 12.8 Å². The van der Waals surface area contributed by atoms with Crippen molar-refractivity contribution in [2.45, 2.75) is 32.1 Å². The second-order valence-electron chi connectivity index (χ2n) is 7.34. The van der Waals surface area contributed by atoms with E-state index in [0.29, 0.717) is 12.2 Å². The molecule has 0 amide bonds. The number of aromatic amines is 1. The number of carbonyl (C=O) groups is 1. The van der Waals surface area contributed by atoms with Crippen LogP contribution in [0.15, 0.2) is 30.5 Å². The molecule has 1 aliphatic heterocycles. The molecule has 26 heavy (non-hydrogen) atoms. The molecule has 1 aromatic heterocycles. The number of hydrogen-bond acceptors (Lipinski definition) is 3. The molecule has 0 spiro atoms. The van der Waals surface area contributed by atoms with Crippen LogP contribution in [0.5, 0.6) is 0 Å². The number of H-pyrrole nitrogens is 1. The number of nitrogens with zero attached hydrogens (tertiary/aromatic N) is 2. The summed E-state index contributed by atoms with van der Waals surface area (Å²) in [5.41, 5.74) is 4.74. The summed E-state index contributed by atoms with van der Waals surface area (Å²) in [4.78, 5) is 20.8. The molecule has 5 heteroatoms. The normalized spacial score (nSPS) is 18.0. The van der Waals surface area contributed by atoms with Crippen molar-refractivity contribution in [3.8, 4) is 0 Å². The highest BCUT2D eigenvalue weighted by Crippen LogP contribution is 2.25. The maximum atomic E-state index is 12.7. The van der Waals surface area contributed by atoms with Gasteiger partial charge in [-0.15, -0.1) is 0 Å². The molecule has 1 saturated heterocycles. The Bertz CT molecular complexity index is 760. The zero-order valence-electron chi connectivity index (χ0n) is 15.1. The van der Waals surface area contributed by atoms with E-state index in [0.717, 1.165) is 56.2 Å². The van der Waals surface area contributed by atoms with Crippen LogP contribution in [0.2, 0.25) is 5.02 Å². The van der Waals surface area contributed by atoms with E-state index in [9.17, 15) is 4.79 Å². The molecule has 0 bridgehead atoms.